The van der Waals surface area contributed by atoms with Crippen LogP contribution in [0.2, 0.25) is 0 Å². The summed E-state index contributed by atoms with van der Waals surface area (Å²) in [4.78, 5) is 30.5. The molecule has 0 bridgehead atoms. The molecule has 4 aromatic rings. The normalized spacial score (nSPS) is 14.4. The van der Waals surface area contributed by atoms with Gasteiger partial charge in [0.15, 0.2) is 5.69 Å². The van der Waals surface area contributed by atoms with Gasteiger partial charge in [-0.3, -0.25) is 14.8 Å². The van der Waals surface area contributed by atoms with Crippen molar-refractivity contribution in [3.05, 3.63) is 48.8 Å². The number of aromatic nitrogens is 7. The monoisotopic (exact) mass is 458 g/mol. The largest absolute Gasteiger partial charge is 0.367 e. The van der Waals surface area contributed by atoms with E-state index in [1.165, 1.54) is 0 Å². The molecule has 1 aliphatic heterocycles. The van der Waals surface area contributed by atoms with Crippen molar-refractivity contribution in [3.8, 4) is 11.3 Å². The Morgan fingerprint density at radius 2 is 1.94 bits per heavy atom. The van der Waals surface area contributed by atoms with Crippen LogP contribution in [0, 0.1) is 0 Å². The molecule has 11 nitrogen and oxygen atoms in total. The quantitative estimate of drug-likeness (QED) is 0.398. The van der Waals surface area contributed by atoms with Gasteiger partial charge in [-0.15, -0.1) is 5.10 Å². The summed E-state index contributed by atoms with van der Waals surface area (Å²) < 4.78 is 1.78. The zero-order valence-electron chi connectivity index (χ0n) is 19.1. The first-order valence-electron chi connectivity index (χ1n) is 11.3. The Balaban J connectivity index is 1.34. The number of hydrogen-bond donors (Lipinski definition) is 3. The van der Waals surface area contributed by atoms with E-state index in [2.05, 4.69) is 46.2 Å². The van der Waals surface area contributed by atoms with Gasteiger partial charge in [-0.05, 0) is 51.9 Å². The van der Waals surface area contributed by atoms with E-state index in [9.17, 15) is 4.79 Å². The van der Waals surface area contributed by atoms with Crippen LogP contribution in [0.25, 0.3) is 22.2 Å². The lowest BCUT2D eigenvalue weighted by Crippen LogP contribution is -2.29. The smallest absolute Gasteiger partial charge is 0.278 e. The topological polar surface area (TPSA) is 135 Å². The van der Waals surface area contributed by atoms with Gasteiger partial charge in [0.1, 0.15) is 11.6 Å². The van der Waals surface area contributed by atoms with Crippen LogP contribution >= 0.6 is 0 Å². The molecular weight excluding hydrogens is 432 g/mol. The van der Waals surface area contributed by atoms with E-state index in [0.717, 1.165) is 36.9 Å². The predicted molar refractivity (Wildman–Crippen MR) is 128 cm³/mol. The van der Waals surface area contributed by atoms with Gasteiger partial charge in [0.2, 0.25) is 0 Å². The third-order valence-electron chi connectivity index (χ3n) is 5.60. The number of pyridine rings is 2. The zero-order chi connectivity index (χ0) is 23.5. The molecule has 0 unspecified atom stereocenters. The van der Waals surface area contributed by atoms with Gasteiger partial charge >= 0.3 is 0 Å². The number of carbonyl (C=O) groups is 1. The number of carbonyl (C=O) groups excluding carboxylic acids is 1. The molecule has 34 heavy (non-hydrogen) atoms. The second-order valence-corrected chi connectivity index (χ2v) is 8.59. The van der Waals surface area contributed by atoms with Crippen LogP contribution in [-0.4, -0.2) is 60.0 Å². The van der Waals surface area contributed by atoms with Crippen LogP contribution in [0.3, 0.4) is 0 Å². The lowest BCUT2D eigenvalue weighted by atomic mass is 10.1. The van der Waals surface area contributed by atoms with Crippen molar-refractivity contribution < 1.29 is 4.79 Å². The number of nitrogens with one attached hydrogen (secondary N) is 3. The molecule has 174 valence electrons. The van der Waals surface area contributed by atoms with E-state index in [1.54, 1.807) is 41.7 Å². The fraction of sp³-hybridized carbons (Fsp3) is 0.348. The van der Waals surface area contributed by atoms with Gasteiger partial charge in [-0.1, -0.05) is 5.21 Å². The molecule has 11 heteroatoms. The molecule has 1 aliphatic rings. The van der Waals surface area contributed by atoms with Crippen LogP contribution < -0.4 is 16.0 Å². The van der Waals surface area contributed by atoms with Crippen LogP contribution in [-0.2, 0) is 0 Å². The fourth-order valence-corrected chi connectivity index (χ4v) is 3.92. The van der Waals surface area contributed by atoms with E-state index in [0.29, 0.717) is 22.8 Å². The number of nitrogens with zero attached hydrogens (tertiary/aromatic N) is 7. The number of piperidine rings is 1. The van der Waals surface area contributed by atoms with Crippen LogP contribution in [0.15, 0.2) is 43.1 Å². The highest BCUT2D eigenvalue weighted by molar-refractivity contribution is 6.02. The van der Waals surface area contributed by atoms with Gasteiger partial charge in [-0.2, -0.15) is 0 Å². The summed E-state index contributed by atoms with van der Waals surface area (Å²) in [7, 11) is 0. The van der Waals surface area contributed by atoms with E-state index in [1.807, 2.05) is 19.9 Å². The first-order chi connectivity index (χ1) is 16.5. The second-order valence-electron chi connectivity index (χ2n) is 8.59. The summed E-state index contributed by atoms with van der Waals surface area (Å²) >= 11 is 0. The van der Waals surface area contributed by atoms with Gasteiger partial charge < -0.3 is 16.0 Å². The van der Waals surface area contributed by atoms with E-state index in [4.69, 9.17) is 0 Å². The standard InChI is InChI=1S/C23H26N10O/c1-14(2)28-22-12-25-10-19(29-22)16-7-15-8-21(27-11-18(15)26-9-16)30-23(34)20-13-33(32-31-20)17-3-5-24-6-4-17/h7-14,17,24H,3-6H2,1-2H3,(H,28,29)(H,27,30,34). The second kappa shape index (κ2) is 9.48. The molecule has 1 amide bonds. The Morgan fingerprint density at radius 1 is 1.09 bits per heavy atom. The third-order valence-corrected chi connectivity index (χ3v) is 5.60. The molecule has 0 aliphatic carbocycles. The van der Waals surface area contributed by atoms with Gasteiger partial charge in [-0.25, -0.2) is 14.6 Å². The summed E-state index contributed by atoms with van der Waals surface area (Å²) in [5.74, 6) is 0.761. The Hall–Kier alpha value is -3.99. The molecule has 4 aromatic heterocycles. The molecule has 5 rings (SSSR count). The maximum atomic E-state index is 12.7. The Kier molecular flexibility index (Phi) is 6.09. The zero-order valence-corrected chi connectivity index (χ0v) is 19.1. The Bertz CT molecular complexity index is 1310. The van der Waals surface area contributed by atoms with Crippen molar-refractivity contribution in [2.45, 2.75) is 38.8 Å². The Morgan fingerprint density at radius 3 is 2.76 bits per heavy atom. The third kappa shape index (κ3) is 4.84. The molecule has 5 heterocycles. The average molecular weight is 459 g/mol. The van der Waals surface area contributed by atoms with Gasteiger partial charge in [0.25, 0.3) is 5.91 Å². The Labute approximate surface area is 196 Å². The van der Waals surface area contributed by atoms with Gasteiger partial charge in [0.05, 0.1) is 42.0 Å². The molecule has 3 N–H and O–H groups in total. The summed E-state index contributed by atoms with van der Waals surface area (Å²) in [5.41, 5.74) is 2.50. The number of hydrogen-bond acceptors (Lipinski definition) is 9. The summed E-state index contributed by atoms with van der Waals surface area (Å²) in [5, 5.41) is 18.4. The average Bonchev–Trinajstić information content (AvgIpc) is 3.35. The van der Waals surface area contributed by atoms with Crippen molar-refractivity contribution in [1.29, 1.82) is 0 Å². The summed E-state index contributed by atoms with van der Waals surface area (Å²) in [6.45, 7) is 5.96. The molecule has 0 radical (unpaired) electrons. The van der Waals surface area contributed by atoms with Gasteiger partial charge in [0, 0.05) is 23.2 Å². The highest BCUT2D eigenvalue weighted by Crippen LogP contribution is 2.23. The van der Waals surface area contributed by atoms with Crippen molar-refractivity contribution in [1.82, 2.24) is 40.2 Å². The number of amides is 1. The first-order valence-corrected chi connectivity index (χ1v) is 11.3. The summed E-state index contributed by atoms with van der Waals surface area (Å²) in [6.07, 6.45) is 10.4. The fourth-order valence-electron chi connectivity index (χ4n) is 3.92. The molecule has 0 aromatic carbocycles. The number of rotatable bonds is 6. The lowest BCUT2D eigenvalue weighted by molar-refractivity contribution is 0.102. The molecule has 1 saturated heterocycles. The molecule has 1 fully saturated rings. The minimum Gasteiger partial charge on any atom is -0.367 e. The van der Waals surface area contributed by atoms with Crippen molar-refractivity contribution in [3.63, 3.8) is 0 Å². The minimum absolute atomic E-state index is 0.248. The highest BCUT2D eigenvalue weighted by atomic mass is 16.2. The number of anilines is 2. The SMILES string of the molecule is CC(C)Nc1cncc(-c2cnc3cnc(NC(=O)c4cn(C5CCNCC5)nn4)cc3c2)n1. The van der Waals surface area contributed by atoms with Crippen molar-refractivity contribution >= 4 is 28.4 Å². The number of fused-ring (bicyclic) bond motifs is 1. The first kappa shape index (κ1) is 21.8. The van der Waals surface area contributed by atoms with E-state index < -0.39 is 0 Å². The van der Waals surface area contributed by atoms with Crippen LogP contribution in [0.1, 0.15) is 43.2 Å². The minimum atomic E-state index is -0.352. The summed E-state index contributed by atoms with van der Waals surface area (Å²) in [6, 6.07) is 4.25. The predicted octanol–water partition coefficient (Wildman–Crippen LogP) is 2.68. The van der Waals surface area contributed by atoms with Crippen molar-refractivity contribution in [2.24, 2.45) is 0 Å². The maximum Gasteiger partial charge on any atom is 0.278 e. The van der Waals surface area contributed by atoms with E-state index in [-0.39, 0.29) is 23.7 Å². The van der Waals surface area contributed by atoms with Crippen LogP contribution in [0.5, 0.6) is 0 Å². The molecular formula is C23H26N10O. The molecule has 0 spiro atoms. The van der Waals surface area contributed by atoms with Crippen LogP contribution in [0.4, 0.5) is 11.6 Å². The molecule has 0 saturated carbocycles. The highest BCUT2D eigenvalue weighted by Gasteiger charge is 2.19. The lowest BCUT2D eigenvalue weighted by Gasteiger charge is -2.22. The maximum absolute atomic E-state index is 12.7. The molecule has 0 atom stereocenters. The van der Waals surface area contributed by atoms with E-state index >= 15 is 0 Å². The van der Waals surface area contributed by atoms with Crippen molar-refractivity contribution in [2.75, 3.05) is 23.7 Å².